The first-order valence-corrected chi connectivity index (χ1v) is 9.32. The molecule has 0 bridgehead atoms. The molecule has 2 amide bonds. The van der Waals surface area contributed by atoms with Crippen LogP contribution in [-0.2, 0) is 4.79 Å². The molecule has 0 aromatic heterocycles. The van der Waals surface area contributed by atoms with Crippen LogP contribution in [0.1, 0.15) is 33.1 Å². The minimum atomic E-state index is -0.857. The van der Waals surface area contributed by atoms with E-state index in [0.717, 1.165) is 16.8 Å². The summed E-state index contributed by atoms with van der Waals surface area (Å²) >= 11 is 5.98. The molecular formula is C23H21ClN2O2. The molecule has 0 fully saturated rings. The highest BCUT2D eigenvalue weighted by Crippen LogP contribution is 2.23. The lowest BCUT2D eigenvalue weighted by molar-refractivity contribution is -0.118. The summed E-state index contributed by atoms with van der Waals surface area (Å²) in [5.74, 6) is -0.638. The maximum Gasteiger partial charge on any atom is 0.252 e. The van der Waals surface area contributed by atoms with E-state index in [9.17, 15) is 9.59 Å². The van der Waals surface area contributed by atoms with E-state index in [1.807, 2.05) is 38.1 Å². The molecule has 3 rings (SSSR count). The van der Waals surface area contributed by atoms with Gasteiger partial charge >= 0.3 is 0 Å². The molecular weight excluding hydrogens is 372 g/mol. The van der Waals surface area contributed by atoms with Gasteiger partial charge in [0.25, 0.3) is 11.8 Å². The van der Waals surface area contributed by atoms with Gasteiger partial charge in [-0.15, -0.1) is 0 Å². The van der Waals surface area contributed by atoms with Crippen molar-refractivity contribution in [1.29, 1.82) is 0 Å². The van der Waals surface area contributed by atoms with Gasteiger partial charge < -0.3 is 10.6 Å². The SMILES string of the molecule is Cc1cccc(C)c1NC(=O)[C@H](NC(=O)c1ccccc1)c1ccc(Cl)cc1. The molecule has 0 spiro atoms. The molecule has 0 saturated carbocycles. The highest BCUT2D eigenvalue weighted by atomic mass is 35.5. The number of hydrogen-bond donors (Lipinski definition) is 2. The van der Waals surface area contributed by atoms with Crippen LogP contribution in [0, 0.1) is 13.8 Å². The lowest BCUT2D eigenvalue weighted by Gasteiger charge is -2.20. The van der Waals surface area contributed by atoms with E-state index in [-0.39, 0.29) is 11.8 Å². The number of carbonyl (C=O) groups is 2. The third kappa shape index (κ3) is 4.59. The van der Waals surface area contributed by atoms with Crippen molar-refractivity contribution in [1.82, 2.24) is 5.32 Å². The molecule has 0 unspecified atom stereocenters. The summed E-state index contributed by atoms with van der Waals surface area (Å²) in [5.41, 5.74) is 3.80. The highest BCUT2D eigenvalue weighted by Gasteiger charge is 2.24. The summed E-state index contributed by atoms with van der Waals surface area (Å²) in [7, 11) is 0. The Morgan fingerprint density at radius 1 is 0.821 bits per heavy atom. The molecule has 0 radical (unpaired) electrons. The Labute approximate surface area is 169 Å². The second-order valence-corrected chi connectivity index (χ2v) is 7.02. The zero-order chi connectivity index (χ0) is 20.1. The predicted octanol–water partition coefficient (Wildman–Crippen LogP) is 5.07. The quantitative estimate of drug-likeness (QED) is 0.637. The number of aryl methyl sites for hydroxylation is 2. The van der Waals surface area contributed by atoms with Gasteiger partial charge in [-0.3, -0.25) is 9.59 Å². The molecule has 0 heterocycles. The number of anilines is 1. The molecule has 0 aliphatic rings. The van der Waals surface area contributed by atoms with Gasteiger partial charge in [0.15, 0.2) is 0 Å². The van der Waals surface area contributed by atoms with Crippen LogP contribution in [0.4, 0.5) is 5.69 Å². The fourth-order valence-electron chi connectivity index (χ4n) is 2.97. The molecule has 2 N–H and O–H groups in total. The Balaban J connectivity index is 1.90. The van der Waals surface area contributed by atoms with Crippen molar-refractivity contribution >= 4 is 29.1 Å². The topological polar surface area (TPSA) is 58.2 Å². The van der Waals surface area contributed by atoms with Gasteiger partial charge in [0, 0.05) is 16.3 Å². The first kappa shape index (κ1) is 19.6. The fraction of sp³-hybridized carbons (Fsp3) is 0.130. The van der Waals surface area contributed by atoms with Crippen molar-refractivity contribution in [2.24, 2.45) is 0 Å². The van der Waals surface area contributed by atoms with Crippen LogP contribution in [0.2, 0.25) is 5.02 Å². The summed E-state index contributed by atoms with van der Waals surface area (Å²) in [5, 5.41) is 6.36. The molecule has 0 saturated heterocycles. The average Bonchev–Trinajstić information content (AvgIpc) is 2.70. The number of carbonyl (C=O) groups excluding carboxylic acids is 2. The Morgan fingerprint density at radius 2 is 1.43 bits per heavy atom. The predicted molar refractivity (Wildman–Crippen MR) is 113 cm³/mol. The van der Waals surface area contributed by atoms with Crippen molar-refractivity contribution in [3.63, 3.8) is 0 Å². The number of para-hydroxylation sites is 1. The third-order valence-electron chi connectivity index (χ3n) is 4.51. The Kier molecular flexibility index (Phi) is 6.12. The smallest absolute Gasteiger partial charge is 0.252 e. The summed E-state index contributed by atoms with van der Waals surface area (Å²) in [4.78, 5) is 25.8. The van der Waals surface area contributed by atoms with E-state index in [0.29, 0.717) is 16.1 Å². The van der Waals surface area contributed by atoms with Crippen molar-refractivity contribution in [2.45, 2.75) is 19.9 Å². The van der Waals surface area contributed by atoms with Crippen molar-refractivity contribution in [3.05, 3.63) is 100 Å². The van der Waals surface area contributed by atoms with Gasteiger partial charge in [0.1, 0.15) is 6.04 Å². The molecule has 5 heteroatoms. The number of nitrogens with one attached hydrogen (secondary N) is 2. The zero-order valence-corrected chi connectivity index (χ0v) is 16.5. The van der Waals surface area contributed by atoms with Gasteiger partial charge in [-0.1, -0.05) is 60.1 Å². The van der Waals surface area contributed by atoms with Crippen molar-refractivity contribution < 1.29 is 9.59 Å². The number of hydrogen-bond acceptors (Lipinski definition) is 2. The van der Waals surface area contributed by atoms with Crippen LogP contribution in [0.3, 0.4) is 0 Å². The van der Waals surface area contributed by atoms with E-state index in [1.54, 1.807) is 48.5 Å². The van der Waals surface area contributed by atoms with E-state index in [2.05, 4.69) is 10.6 Å². The zero-order valence-electron chi connectivity index (χ0n) is 15.7. The number of benzene rings is 3. The summed E-state index contributed by atoms with van der Waals surface area (Å²) in [6, 6.07) is 20.6. The molecule has 142 valence electrons. The van der Waals surface area contributed by atoms with Crippen LogP contribution in [0.15, 0.2) is 72.8 Å². The molecule has 0 aliphatic heterocycles. The van der Waals surface area contributed by atoms with Gasteiger partial charge in [-0.05, 0) is 54.8 Å². The first-order chi connectivity index (χ1) is 13.5. The van der Waals surface area contributed by atoms with E-state index < -0.39 is 6.04 Å². The molecule has 1 atom stereocenters. The summed E-state index contributed by atoms with van der Waals surface area (Å²) < 4.78 is 0. The molecule has 3 aromatic rings. The van der Waals surface area contributed by atoms with Crippen LogP contribution < -0.4 is 10.6 Å². The lowest BCUT2D eigenvalue weighted by Crippen LogP contribution is -2.37. The second-order valence-electron chi connectivity index (χ2n) is 6.58. The normalized spacial score (nSPS) is 11.5. The van der Waals surface area contributed by atoms with Crippen molar-refractivity contribution in [2.75, 3.05) is 5.32 Å². The van der Waals surface area contributed by atoms with Gasteiger partial charge in [0.05, 0.1) is 0 Å². The van der Waals surface area contributed by atoms with E-state index in [1.165, 1.54) is 0 Å². The van der Waals surface area contributed by atoms with Crippen LogP contribution in [-0.4, -0.2) is 11.8 Å². The average molecular weight is 393 g/mol. The van der Waals surface area contributed by atoms with E-state index in [4.69, 9.17) is 11.6 Å². The standard InChI is InChI=1S/C23H21ClN2O2/c1-15-7-6-8-16(2)20(15)25-23(28)21(17-11-13-19(24)14-12-17)26-22(27)18-9-4-3-5-10-18/h3-14,21H,1-2H3,(H,25,28)(H,26,27)/t21-/m1/s1. The maximum atomic E-state index is 13.1. The first-order valence-electron chi connectivity index (χ1n) is 8.94. The summed E-state index contributed by atoms with van der Waals surface area (Å²) in [6.45, 7) is 3.87. The molecule has 0 aliphatic carbocycles. The van der Waals surface area contributed by atoms with Crippen molar-refractivity contribution in [3.8, 4) is 0 Å². The maximum absolute atomic E-state index is 13.1. The second kappa shape index (κ2) is 8.72. The van der Waals surface area contributed by atoms with Crippen LogP contribution >= 0.6 is 11.6 Å². The molecule has 4 nitrogen and oxygen atoms in total. The van der Waals surface area contributed by atoms with Gasteiger partial charge in [-0.25, -0.2) is 0 Å². The largest absolute Gasteiger partial charge is 0.336 e. The fourth-order valence-corrected chi connectivity index (χ4v) is 3.09. The summed E-state index contributed by atoms with van der Waals surface area (Å²) in [6.07, 6.45) is 0. The van der Waals surface area contributed by atoms with Crippen LogP contribution in [0.5, 0.6) is 0 Å². The third-order valence-corrected chi connectivity index (χ3v) is 4.76. The number of amides is 2. The lowest BCUT2D eigenvalue weighted by atomic mass is 10.0. The Morgan fingerprint density at radius 3 is 2.04 bits per heavy atom. The minimum Gasteiger partial charge on any atom is -0.336 e. The van der Waals surface area contributed by atoms with E-state index >= 15 is 0 Å². The minimum absolute atomic E-state index is 0.316. The molecule has 28 heavy (non-hydrogen) atoms. The Bertz CT molecular complexity index is 965. The van der Waals surface area contributed by atoms with Crippen LogP contribution in [0.25, 0.3) is 0 Å². The monoisotopic (exact) mass is 392 g/mol. The number of halogens is 1. The molecule has 3 aromatic carbocycles. The highest BCUT2D eigenvalue weighted by molar-refractivity contribution is 6.30. The Hall–Kier alpha value is -3.11. The number of rotatable bonds is 5. The van der Waals surface area contributed by atoms with Gasteiger partial charge in [-0.2, -0.15) is 0 Å². The van der Waals surface area contributed by atoms with Gasteiger partial charge in [0.2, 0.25) is 0 Å².